The largest absolute Gasteiger partial charge is 0.466 e. The molecule has 0 saturated heterocycles. The van der Waals surface area contributed by atoms with Gasteiger partial charge in [-0.15, -0.1) is 0 Å². The summed E-state index contributed by atoms with van der Waals surface area (Å²) in [5, 5.41) is 0. The van der Waals surface area contributed by atoms with Crippen molar-refractivity contribution >= 4 is 5.97 Å². The molecule has 0 bridgehead atoms. The van der Waals surface area contributed by atoms with Crippen molar-refractivity contribution in [2.24, 2.45) is 0 Å². The van der Waals surface area contributed by atoms with Gasteiger partial charge >= 0.3 is 5.97 Å². The Morgan fingerprint density at radius 3 is 2.40 bits per heavy atom. The highest BCUT2D eigenvalue weighted by Gasteiger charge is 2.01. The molecule has 0 atom stereocenters. The third-order valence-corrected chi connectivity index (χ3v) is 2.39. The average molecular weight is 213 g/mol. The van der Waals surface area contributed by atoms with Gasteiger partial charge in [0.05, 0.1) is 6.61 Å². The van der Waals surface area contributed by atoms with E-state index in [0.29, 0.717) is 13.0 Å². The van der Waals surface area contributed by atoms with Crippen LogP contribution in [0.25, 0.3) is 0 Å². The molecule has 0 aromatic heterocycles. The van der Waals surface area contributed by atoms with Gasteiger partial charge in [-0.25, -0.2) is 0 Å². The van der Waals surface area contributed by atoms with Crippen molar-refractivity contribution in [2.45, 2.75) is 64.7 Å². The van der Waals surface area contributed by atoms with Gasteiger partial charge in [0.1, 0.15) is 0 Å². The van der Waals surface area contributed by atoms with Crippen LogP contribution >= 0.6 is 0 Å². The fraction of sp³-hybridized carbons (Fsp3) is 0.846. The minimum Gasteiger partial charge on any atom is -0.466 e. The Kier molecular flexibility index (Phi) is 11.1. The first-order valence-electron chi connectivity index (χ1n) is 6.26. The fourth-order valence-electron chi connectivity index (χ4n) is 1.41. The number of carbonyl (C=O) groups excluding carboxylic acids is 1. The molecule has 2 nitrogen and oxygen atoms in total. The molecular weight excluding hydrogens is 188 g/mol. The molecule has 0 fully saturated rings. The first-order chi connectivity index (χ1) is 7.31. The second-order valence-corrected chi connectivity index (χ2v) is 3.95. The molecule has 0 amide bonds. The van der Waals surface area contributed by atoms with E-state index >= 15 is 0 Å². The minimum absolute atomic E-state index is 0.0426. The first kappa shape index (κ1) is 14.5. The predicted octanol–water partition coefficient (Wildman–Crippen LogP) is 3.89. The van der Waals surface area contributed by atoms with E-state index in [0.717, 1.165) is 25.7 Å². The van der Waals surface area contributed by atoms with E-state index < -0.39 is 0 Å². The summed E-state index contributed by atoms with van der Waals surface area (Å²) in [5.41, 5.74) is 0. The molecule has 0 aromatic rings. The van der Waals surface area contributed by atoms with Gasteiger partial charge in [-0.2, -0.15) is 0 Å². The average Bonchev–Trinajstić information content (AvgIpc) is 2.23. The van der Waals surface area contributed by atoms with Crippen LogP contribution in [0.15, 0.2) is 0 Å². The summed E-state index contributed by atoms with van der Waals surface area (Å²) in [5.74, 6) is -0.0426. The normalized spacial score (nSPS) is 10.3. The summed E-state index contributed by atoms with van der Waals surface area (Å²) in [7, 11) is 0. The SMILES string of the molecule is [CH2]CCCOC(=O)CCCCCCCC. The van der Waals surface area contributed by atoms with E-state index in [-0.39, 0.29) is 5.97 Å². The zero-order chi connectivity index (χ0) is 11.4. The molecule has 0 aromatic carbocycles. The van der Waals surface area contributed by atoms with E-state index in [1.54, 1.807) is 0 Å². The molecular formula is C13H25O2. The second-order valence-electron chi connectivity index (χ2n) is 3.95. The van der Waals surface area contributed by atoms with Crippen LogP contribution in [0.1, 0.15) is 64.7 Å². The zero-order valence-electron chi connectivity index (χ0n) is 10.1. The van der Waals surface area contributed by atoms with Crippen LogP contribution < -0.4 is 0 Å². The topological polar surface area (TPSA) is 26.3 Å². The number of carbonyl (C=O) groups is 1. The zero-order valence-corrected chi connectivity index (χ0v) is 10.1. The van der Waals surface area contributed by atoms with Crippen LogP contribution in [0.5, 0.6) is 0 Å². The van der Waals surface area contributed by atoms with Gasteiger partial charge in [0.2, 0.25) is 0 Å². The minimum atomic E-state index is -0.0426. The fourth-order valence-corrected chi connectivity index (χ4v) is 1.41. The number of hydrogen-bond donors (Lipinski definition) is 0. The Labute approximate surface area is 94.4 Å². The van der Waals surface area contributed by atoms with E-state index in [4.69, 9.17) is 4.74 Å². The molecule has 0 aliphatic carbocycles. The van der Waals surface area contributed by atoms with E-state index in [1.165, 1.54) is 25.7 Å². The highest BCUT2D eigenvalue weighted by molar-refractivity contribution is 5.69. The Morgan fingerprint density at radius 1 is 1.07 bits per heavy atom. The molecule has 0 heterocycles. The Balaban J connectivity index is 3.10. The molecule has 0 aliphatic heterocycles. The number of hydrogen-bond acceptors (Lipinski definition) is 2. The van der Waals surface area contributed by atoms with Crippen molar-refractivity contribution in [3.8, 4) is 0 Å². The van der Waals surface area contributed by atoms with Gasteiger partial charge in [0, 0.05) is 6.42 Å². The highest BCUT2D eigenvalue weighted by atomic mass is 16.5. The maximum atomic E-state index is 11.2. The third-order valence-electron chi connectivity index (χ3n) is 2.39. The van der Waals surface area contributed by atoms with Gasteiger partial charge in [-0.05, 0) is 12.8 Å². The summed E-state index contributed by atoms with van der Waals surface area (Å²) < 4.78 is 5.03. The first-order valence-corrected chi connectivity index (χ1v) is 6.26. The van der Waals surface area contributed by atoms with Crippen molar-refractivity contribution in [1.29, 1.82) is 0 Å². The van der Waals surface area contributed by atoms with Crippen LogP contribution in [-0.2, 0) is 9.53 Å². The Hall–Kier alpha value is -0.530. The lowest BCUT2D eigenvalue weighted by Gasteiger charge is -2.03. The van der Waals surface area contributed by atoms with Crippen molar-refractivity contribution in [1.82, 2.24) is 0 Å². The summed E-state index contributed by atoms with van der Waals surface area (Å²) >= 11 is 0. The number of unbranched alkanes of at least 4 members (excludes halogenated alkanes) is 6. The standard InChI is InChI=1S/C13H25O2/c1-3-5-7-8-9-10-11-13(14)15-12-6-4-2/h2-12H2,1H3. The lowest BCUT2D eigenvalue weighted by molar-refractivity contribution is -0.143. The summed E-state index contributed by atoms with van der Waals surface area (Å²) in [6, 6.07) is 0. The number of rotatable bonds is 10. The Bertz CT molecular complexity index is 143. The molecule has 2 heteroatoms. The lowest BCUT2D eigenvalue weighted by atomic mass is 10.1. The van der Waals surface area contributed by atoms with E-state index in [2.05, 4.69) is 13.8 Å². The van der Waals surface area contributed by atoms with Crippen LogP contribution in [0.3, 0.4) is 0 Å². The van der Waals surface area contributed by atoms with Crippen molar-refractivity contribution in [3.63, 3.8) is 0 Å². The quantitative estimate of drug-likeness (QED) is 0.406. The maximum Gasteiger partial charge on any atom is 0.305 e. The number of ether oxygens (including phenoxy) is 1. The summed E-state index contributed by atoms with van der Waals surface area (Å²) in [6.07, 6.45) is 9.57. The smallest absolute Gasteiger partial charge is 0.305 e. The van der Waals surface area contributed by atoms with Crippen LogP contribution in [0.4, 0.5) is 0 Å². The predicted molar refractivity (Wildman–Crippen MR) is 63.5 cm³/mol. The van der Waals surface area contributed by atoms with Gasteiger partial charge in [-0.1, -0.05) is 52.4 Å². The summed E-state index contributed by atoms with van der Waals surface area (Å²) in [6.45, 7) is 6.44. The molecule has 0 unspecified atom stereocenters. The van der Waals surface area contributed by atoms with Crippen molar-refractivity contribution in [2.75, 3.05) is 6.61 Å². The van der Waals surface area contributed by atoms with Gasteiger partial charge in [-0.3, -0.25) is 4.79 Å². The molecule has 1 radical (unpaired) electrons. The Morgan fingerprint density at radius 2 is 1.73 bits per heavy atom. The van der Waals surface area contributed by atoms with Crippen LogP contribution in [-0.4, -0.2) is 12.6 Å². The van der Waals surface area contributed by atoms with Crippen LogP contribution in [0.2, 0.25) is 0 Å². The maximum absolute atomic E-state index is 11.2. The van der Waals surface area contributed by atoms with Crippen LogP contribution in [0, 0.1) is 6.92 Å². The van der Waals surface area contributed by atoms with Crippen molar-refractivity contribution < 1.29 is 9.53 Å². The molecule has 15 heavy (non-hydrogen) atoms. The van der Waals surface area contributed by atoms with E-state index in [1.807, 2.05) is 0 Å². The van der Waals surface area contributed by atoms with E-state index in [9.17, 15) is 4.79 Å². The molecule has 0 spiro atoms. The second kappa shape index (κ2) is 11.5. The molecule has 0 N–H and O–H groups in total. The highest BCUT2D eigenvalue weighted by Crippen LogP contribution is 2.07. The van der Waals surface area contributed by atoms with Gasteiger partial charge < -0.3 is 4.74 Å². The third kappa shape index (κ3) is 11.4. The molecule has 0 saturated carbocycles. The lowest BCUT2D eigenvalue weighted by Crippen LogP contribution is -2.05. The van der Waals surface area contributed by atoms with Crippen molar-refractivity contribution in [3.05, 3.63) is 6.92 Å². The molecule has 89 valence electrons. The van der Waals surface area contributed by atoms with Gasteiger partial charge in [0.25, 0.3) is 0 Å². The number of esters is 1. The summed E-state index contributed by atoms with van der Waals surface area (Å²) in [4.78, 5) is 11.2. The van der Waals surface area contributed by atoms with Gasteiger partial charge in [0.15, 0.2) is 0 Å². The molecule has 0 aliphatic rings. The molecule has 0 rings (SSSR count). The monoisotopic (exact) mass is 213 g/mol.